The molecule has 0 saturated heterocycles. The van der Waals surface area contributed by atoms with Crippen LogP contribution in [0.2, 0.25) is 0 Å². The van der Waals surface area contributed by atoms with Gasteiger partial charge in [-0.15, -0.1) is 0 Å². The second kappa shape index (κ2) is 19.0. The van der Waals surface area contributed by atoms with Crippen molar-refractivity contribution in [3.63, 3.8) is 0 Å². The van der Waals surface area contributed by atoms with Gasteiger partial charge in [0.25, 0.3) is 0 Å². The Balaban J connectivity index is 1.16. The molecule has 1 aromatic carbocycles. The first-order valence-corrected chi connectivity index (χ1v) is 20.0. The van der Waals surface area contributed by atoms with E-state index in [0.29, 0.717) is 49.5 Å². The minimum Gasteiger partial charge on any atom is -0.508 e. The van der Waals surface area contributed by atoms with E-state index >= 15 is 0 Å². The number of nitrogens with one attached hydrogen (secondary N) is 2. The number of hydrogen-bond donors (Lipinski definition) is 9. The highest BCUT2D eigenvalue weighted by atomic mass is 16.4. The van der Waals surface area contributed by atoms with Gasteiger partial charge < -0.3 is 46.7 Å². The van der Waals surface area contributed by atoms with Gasteiger partial charge in [0.05, 0.1) is 29.5 Å². The molecular weight excluding hydrogens is 670 g/mol. The number of aliphatic hydroxyl groups is 3. The number of carboxylic acid groups (broad SMARTS) is 1. The molecule has 8 atom stereocenters. The molecule has 2 aliphatic carbocycles. The second-order valence-corrected chi connectivity index (χ2v) is 16.2. The van der Waals surface area contributed by atoms with Crippen LogP contribution in [0.25, 0.3) is 11.3 Å². The third kappa shape index (κ3) is 11.6. The SMILES string of the molecule is CCCCC[C@@H]1C=C[C@@H](CCCCC[C@H](C(=O)O)[C@H](O)CC[C@]2(O)C[C@H](CC3=CCNC(N)=C3)C[C@H]2Cc2ccc(-c3cc(O)cc(O)c3)[nH]2)[C@H](O)C1. The molecule has 5 rings (SSSR count). The number of nitrogens with two attached hydrogens (primary N) is 1. The number of carbonyl (C=O) groups is 1. The van der Waals surface area contributed by atoms with Crippen LogP contribution in [0.5, 0.6) is 11.5 Å². The normalized spacial score (nSPS) is 26.8. The average Bonchev–Trinajstić information content (AvgIpc) is 3.69. The Kier molecular flexibility index (Phi) is 14.5. The number of aliphatic hydroxyl groups excluding tert-OH is 2. The summed E-state index contributed by atoms with van der Waals surface area (Å²) in [4.78, 5) is 15.7. The smallest absolute Gasteiger partial charge is 0.309 e. The maximum absolute atomic E-state index is 12.3. The molecule has 1 aromatic heterocycles. The molecule has 10 heteroatoms. The van der Waals surface area contributed by atoms with E-state index in [1.807, 2.05) is 18.2 Å². The van der Waals surface area contributed by atoms with Crippen molar-refractivity contribution in [3.8, 4) is 22.8 Å². The zero-order valence-corrected chi connectivity index (χ0v) is 31.4. The summed E-state index contributed by atoms with van der Waals surface area (Å²) in [7, 11) is 0. The van der Waals surface area contributed by atoms with E-state index in [-0.39, 0.29) is 48.2 Å². The Hall–Kier alpha value is -3.73. The summed E-state index contributed by atoms with van der Waals surface area (Å²) in [6, 6.07) is 8.27. The molecule has 0 bridgehead atoms. The largest absolute Gasteiger partial charge is 0.508 e. The number of benzene rings is 1. The highest BCUT2D eigenvalue weighted by Crippen LogP contribution is 2.47. The van der Waals surface area contributed by atoms with Gasteiger partial charge in [0, 0.05) is 35.5 Å². The molecule has 10 nitrogen and oxygen atoms in total. The maximum atomic E-state index is 12.3. The van der Waals surface area contributed by atoms with Crippen molar-refractivity contribution in [2.75, 3.05) is 6.54 Å². The molecule has 1 fully saturated rings. The number of hydrogen-bond acceptors (Lipinski definition) is 8. The molecular formula is C43H63N3O7. The lowest BCUT2D eigenvalue weighted by Crippen LogP contribution is -2.37. The van der Waals surface area contributed by atoms with Crippen LogP contribution >= 0.6 is 0 Å². The number of unbranched alkanes of at least 4 members (excludes halogenated alkanes) is 4. The van der Waals surface area contributed by atoms with Crippen LogP contribution in [0.4, 0.5) is 0 Å². The van der Waals surface area contributed by atoms with Gasteiger partial charge in [-0.2, -0.15) is 0 Å². The molecule has 3 aliphatic rings. The second-order valence-electron chi connectivity index (χ2n) is 16.2. The van der Waals surface area contributed by atoms with Gasteiger partial charge in [-0.25, -0.2) is 0 Å². The van der Waals surface area contributed by atoms with Crippen molar-refractivity contribution in [1.82, 2.24) is 10.3 Å². The molecule has 2 aromatic rings. The Morgan fingerprint density at radius 3 is 2.47 bits per heavy atom. The zero-order valence-electron chi connectivity index (χ0n) is 31.4. The first-order chi connectivity index (χ1) is 25.4. The number of aliphatic carboxylic acids is 1. The fourth-order valence-corrected chi connectivity index (χ4v) is 9.09. The number of carboxylic acids is 1. The Bertz CT molecular complexity index is 1560. The van der Waals surface area contributed by atoms with Crippen LogP contribution in [-0.2, 0) is 11.2 Å². The highest BCUT2D eigenvalue weighted by molar-refractivity contribution is 5.70. The molecule has 0 spiro atoms. The fraction of sp³-hybridized carbons (Fsp3) is 0.605. The molecule has 0 amide bonds. The van der Waals surface area contributed by atoms with Crippen molar-refractivity contribution in [3.05, 3.63) is 71.7 Å². The number of phenolic OH excluding ortho intramolecular Hbond substituents is 2. The van der Waals surface area contributed by atoms with Crippen molar-refractivity contribution in [1.29, 1.82) is 0 Å². The minimum absolute atomic E-state index is 0.0351. The quantitative estimate of drug-likeness (QED) is 0.0507. The summed E-state index contributed by atoms with van der Waals surface area (Å²) in [5.41, 5.74) is 8.35. The summed E-state index contributed by atoms with van der Waals surface area (Å²) < 4.78 is 0. The fourth-order valence-electron chi connectivity index (χ4n) is 9.09. The molecule has 1 aliphatic heterocycles. The number of aromatic hydroxyl groups is 2. The Morgan fingerprint density at radius 2 is 1.75 bits per heavy atom. The van der Waals surface area contributed by atoms with Crippen LogP contribution < -0.4 is 11.1 Å². The summed E-state index contributed by atoms with van der Waals surface area (Å²) in [5, 5.41) is 67.4. The lowest BCUT2D eigenvalue weighted by Gasteiger charge is -2.32. The van der Waals surface area contributed by atoms with E-state index in [1.54, 1.807) is 12.1 Å². The van der Waals surface area contributed by atoms with Crippen molar-refractivity contribution in [2.24, 2.45) is 35.3 Å². The van der Waals surface area contributed by atoms with Gasteiger partial charge in [0.2, 0.25) is 0 Å². The van der Waals surface area contributed by atoms with E-state index < -0.39 is 23.6 Å². The number of allylic oxidation sites excluding steroid dienone is 3. The number of aromatic amines is 1. The molecule has 2 heterocycles. The summed E-state index contributed by atoms with van der Waals surface area (Å²) >= 11 is 0. The Labute approximate surface area is 314 Å². The number of dihydropyridines is 1. The van der Waals surface area contributed by atoms with E-state index in [4.69, 9.17) is 5.73 Å². The predicted molar refractivity (Wildman–Crippen MR) is 208 cm³/mol. The highest BCUT2D eigenvalue weighted by Gasteiger charge is 2.46. The van der Waals surface area contributed by atoms with E-state index in [9.17, 15) is 35.4 Å². The number of aromatic nitrogens is 1. The molecule has 53 heavy (non-hydrogen) atoms. The van der Waals surface area contributed by atoms with Gasteiger partial charge in [-0.05, 0) is 118 Å². The third-order valence-electron chi connectivity index (χ3n) is 12.0. The molecule has 0 radical (unpaired) electrons. The zero-order chi connectivity index (χ0) is 38.0. The van der Waals surface area contributed by atoms with Crippen LogP contribution in [0.15, 0.2) is 66.0 Å². The monoisotopic (exact) mass is 733 g/mol. The van der Waals surface area contributed by atoms with Gasteiger partial charge in [-0.1, -0.05) is 63.7 Å². The number of H-pyrrole nitrogens is 1. The molecule has 1 saturated carbocycles. The average molecular weight is 734 g/mol. The first kappa shape index (κ1) is 40.5. The lowest BCUT2D eigenvalue weighted by molar-refractivity contribution is -0.146. The third-order valence-corrected chi connectivity index (χ3v) is 12.0. The Morgan fingerprint density at radius 1 is 0.981 bits per heavy atom. The lowest BCUT2D eigenvalue weighted by atomic mass is 9.80. The number of rotatable bonds is 20. The standard InChI is InChI=1S/C43H63N3O7/c1-2-3-5-8-28-11-12-31(40(50)21-28)9-6-4-7-10-37(42(51)52)39(49)15-17-43(53)27-30(19-29-16-18-45-41(44)22-29)20-33(43)25-34-13-14-38(46-34)32-23-35(47)26-36(48)24-32/h11-14,16,22-24,26,28,30-31,33,37,39-40,45-50,53H,2-10,15,17-21,25,27,44H2,1H3,(H,51,52)/t28-,30-,31-,33+,37+,39-,40-,43+/m1/s1. The molecule has 0 unspecified atom stereocenters. The molecule has 292 valence electrons. The maximum Gasteiger partial charge on any atom is 0.309 e. The number of phenols is 2. The summed E-state index contributed by atoms with van der Waals surface area (Å²) in [5.74, 6) is -0.689. The minimum atomic E-state index is -1.10. The topological polar surface area (TPSA) is 192 Å². The van der Waals surface area contributed by atoms with E-state index in [2.05, 4.69) is 35.5 Å². The van der Waals surface area contributed by atoms with E-state index in [0.717, 1.165) is 61.9 Å². The van der Waals surface area contributed by atoms with Crippen molar-refractivity contribution in [2.45, 2.75) is 127 Å². The van der Waals surface area contributed by atoms with Crippen molar-refractivity contribution < 1.29 is 35.4 Å². The summed E-state index contributed by atoms with van der Waals surface area (Å²) in [6.45, 7) is 2.87. The van der Waals surface area contributed by atoms with Crippen LogP contribution in [-0.4, -0.2) is 65.9 Å². The van der Waals surface area contributed by atoms with Gasteiger partial charge in [0.15, 0.2) is 0 Å². The predicted octanol–water partition coefficient (Wildman–Crippen LogP) is 7.04. The van der Waals surface area contributed by atoms with Crippen LogP contribution in [0, 0.1) is 29.6 Å². The van der Waals surface area contributed by atoms with Crippen LogP contribution in [0.1, 0.15) is 109 Å². The summed E-state index contributed by atoms with van der Waals surface area (Å²) in [6.07, 6.45) is 19.5. The van der Waals surface area contributed by atoms with Gasteiger partial charge in [-0.3, -0.25) is 4.79 Å². The van der Waals surface area contributed by atoms with Crippen molar-refractivity contribution >= 4 is 5.97 Å². The first-order valence-electron chi connectivity index (χ1n) is 20.0. The van der Waals surface area contributed by atoms with Crippen LogP contribution in [0.3, 0.4) is 0 Å². The van der Waals surface area contributed by atoms with Gasteiger partial charge >= 0.3 is 5.97 Å². The molecule has 10 N–H and O–H groups in total. The van der Waals surface area contributed by atoms with E-state index in [1.165, 1.54) is 25.3 Å². The van der Waals surface area contributed by atoms with Gasteiger partial charge in [0.1, 0.15) is 11.5 Å².